The Bertz CT molecular complexity index is 1130. The molecule has 0 fully saturated rings. The third kappa shape index (κ3) is 8.33. The summed E-state index contributed by atoms with van der Waals surface area (Å²) in [6.45, 7) is 9.55. The molecule has 40 heavy (non-hydrogen) atoms. The van der Waals surface area contributed by atoms with Gasteiger partial charge >= 0.3 is 6.09 Å². The van der Waals surface area contributed by atoms with Gasteiger partial charge in [-0.2, -0.15) is 0 Å². The lowest BCUT2D eigenvalue weighted by molar-refractivity contribution is -0.112. The Hall–Kier alpha value is -3.34. The molecule has 0 saturated carbocycles. The summed E-state index contributed by atoms with van der Waals surface area (Å²) in [4.78, 5) is 24.7. The number of methoxy groups -OCH3 is 3. The predicted octanol–water partition coefficient (Wildman–Crippen LogP) is 4.98. The van der Waals surface area contributed by atoms with Crippen molar-refractivity contribution >= 4 is 17.7 Å². The first-order valence-electron chi connectivity index (χ1n) is 13.3. The number of nitrogens with one attached hydrogen (secondary N) is 1. The number of rotatable bonds is 4. The van der Waals surface area contributed by atoms with Crippen LogP contribution in [-0.2, 0) is 23.7 Å². The number of phenols is 2. The number of fused-ring (bicyclic) bond motifs is 2. The molecule has 1 aromatic carbocycles. The highest BCUT2D eigenvalue weighted by Crippen LogP contribution is 2.42. The number of anilines is 1. The molecule has 0 aliphatic carbocycles. The molecule has 0 spiro atoms. The van der Waals surface area contributed by atoms with Crippen molar-refractivity contribution in [1.82, 2.24) is 0 Å². The topological polar surface area (TPSA) is 150 Å². The quantitative estimate of drug-likeness (QED) is 0.229. The van der Waals surface area contributed by atoms with Gasteiger partial charge in [0.1, 0.15) is 17.6 Å². The van der Waals surface area contributed by atoms with Gasteiger partial charge in [-0.05, 0) is 49.7 Å². The van der Waals surface area contributed by atoms with Crippen LogP contribution < -0.4 is 11.1 Å². The highest BCUT2D eigenvalue weighted by molar-refractivity contribution is 6.04. The smallest absolute Gasteiger partial charge is 0.405 e. The number of primary amides is 1. The van der Waals surface area contributed by atoms with E-state index in [1.807, 2.05) is 19.9 Å². The van der Waals surface area contributed by atoms with E-state index in [-0.39, 0.29) is 41.0 Å². The molecule has 1 unspecified atom stereocenters. The second kappa shape index (κ2) is 14.9. The fourth-order valence-corrected chi connectivity index (χ4v) is 5.09. The number of ether oxygens (including phenoxy) is 4. The van der Waals surface area contributed by atoms with Crippen LogP contribution in [0.5, 0.6) is 11.5 Å². The molecule has 1 aliphatic rings. The van der Waals surface area contributed by atoms with Gasteiger partial charge in [0.15, 0.2) is 6.10 Å². The minimum Gasteiger partial charge on any atom is -0.508 e. The summed E-state index contributed by atoms with van der Waals surface area (Å²) in [5.41, 5.74) is 6.85. The van der Waals surface area contributed by atoms with E-state index in [9.17, 15) is 19.8 Å². The van der Waals surface area contributed by atoms with Crippen LogP contribution in [0.4, 0.5) is 10.5 Å². The summed E-state index contributed by atoms with van der Waals surface area (Å²) < 4.78 is 22.7. The van der Waals surface area contributed by atoms with Crippen molar-refractivity contribution in [3.8, 4) is 11.5 Å². The van der Waals surface area contributed by atoms with Crippen LogP contribution in [-0.4, -0.2) is 61.9 Å². The second-order valence-electron chi connectivity index (χ2n) is 10.5. The number of nitrogens with two attached hydrogens (primary N) is 1. The van der Waals surface area contributed by atoms with Gasteiger partial charge in [0.05, 0.1) is 17.9 Å². The molecule has 0 radical (unpaired) electrons. The van der Waals surface area contributed by atoms with Crippen molar-refractivity contribution in [3.63, 3.8) is 0 Å². The lowest BCUT2D eigenvalue weighted by Crippen LogP contribution is -2.35. The van der Waals surface area contributed by atoms with Crippen molar-refractivity contribution in [2.75, 3.05) is 26.6 Å². The number of allylic oxidation sites excluding steroid dienone is 3. The van der Waals surface area contributed by atoms with Gasteiger partial charge in [-0.1, -0.05) is 45.1 Å². The minimum atomic E-state index is -0.933. The molecule has 7 atom stereocenters. The van der Waals surface area contributed by atoms with E-state index < -0.39 is 30.3 Å². The Morgan fingerprint density at radius 1 is 1.02 bits per heavy atom. The van der Waals surface area contributed by atoms with Gasteiger partial charge in [-0.3, -0.25) is 4.79 Å². The van der Waals surface area contributed by atoms with Crippen LogP contribution in [0.25, 0.3) is 0 Å². The maximum Gasteiger partial charge on any atom is 0.405 e. The van der Waals surface area contributed by atoms with E-state index in [2.05, 4.69) is 19.2 Å². The molecule has 5 N–H and O–H groups in total. The molecular weight excluding hydrogens is 516 g/mol. The summed E-state index contributed by atoms with van der Waals surface area (Å²) in [5, 5.41) is 24.2. The predicted molar refractivity (Wildman–Crippen MR) is 153 cm³/mol. The van der Waals surface area contributed by atoms with Crippen molar-refractivity contribution in [2.24, 2.45) is 23.5 Å². The summed E-state index contributed by atoms with van der Waals surface area (Å²) in [6, 6.07) is 2.72. The van der Waals surface area contributed by atoms with Gasteiger partial charge in [0.2, 0.25) is 0 Å². The van der Waals surface area contributed by atoms with Crippen LogP contribution in [0.2, 0.25) is 0 Å². The zero-order chi connectivity index (χ0) is 30.1. The average Bonchev–Trinajstić information content (AvgIpc) is 2.90. The minimum absolute atomic E-state index is 0.00503. The lowest BCUT2D eigenvalue weighted by atomic mass is 9.82. The third-order valence-electron chi connectivity index (χ3n) is 7.57. The first-order valence-corrected chi connectivity index (χ1v) is 13.3. The third-order valence-corrected chi connectivity index (χ3v) is 7.57. The molecule has 0 saturated heterocycles. The summed E-state index contributed by atoms with van der Waals surface area (Å²) >= 11 is 0. The van der Waals surface area contributed by atoms with Crippen LogP contribution in [0.3, 0.4) is 0 Å². The maximum absolute atomic E-state index is 12.9. The van der Waals surface area contributed by atoms with Crippen molar-refractivity contribution in [3.05, 3.63) is 53.1 Å². The molecule has 10 nitrogen and oxygen atoms in total. The SMILES string of the molecule is COC1c2cc(O)cc(c2O)NC(=O)/C(C)=C/C=C\[C@H](OC)[C@@H](OC(N)=O)/C(C)=C/[C@H](C)[C@@H](C)[C@@H](OC)C[C@@H]1C. The maximum atomic E-state index is 12.9. The normalized spacial score (nSPS) is 32.2. The van der Waals surface area contributed by atoms with E-state index in [4.69, 9.17) is 24.7 Å². The Morgan fingerprint density at radius 3 is 2.27 bits per heavy atom. The number of hydrogen-bond acceptors (Lipinski definition) is 8. The first kappa shape index (κ1) is 32.9. The van der Waals surface area contributed by atoms with Crippen LogP contribution in [0, 0.1) is 17.8 Å². The van der Waals surface area contributed by atoms with Crippen LogP contribution >= 0.6 is 0 Å². The molecule has 1 aromatic rings. The molecule has 1 heterocycles. The number of phenolic OH excluding ortho intramolecular Hbond substituents is 2. The number of benzene rings is 1. The van der Waals surface area contributed by atoms with Gasteiger partial charge in [0.25, 0.3) is 5.91 Å². The van der Waals surface area contributed by atoms with Crippen LogP contribution in [0.15, 0.2) is 47.6 Å². The van der Waals surface area contributed by atoms with E-state index in [1.165, 1.54) is 26.4 Å². The summed E-state index contributed by atoms with van der Waals surface area (Å²) in [7, 11) is 4.66. The Balaban J connectivity index is 2.67. The number of carbonyl (C=O) groups is 2. The Morgan fingerprint density at radius 2 is 1.70 bits per heavy atom. The van der Waals surface area contributed by atoms with E-state index in [0.29, 0.717) is 17.6 Å². The van der Waals surface area contributed by atoms with E-state index in [0.717, 1.165) is 5.57 Å². The highest BCUT2D eigenvalue weighted by Gasteiger charge is 2.31. The molecule has 10 heteroatoms. The van der Waals surface area contributed by atoms with Gasteiger partial charge in [-0.25, -0.2) is 4.79 Å². The second-order valence-corrected chi connectivity index (χ2v) is 10.5. The number of carbonyl (C=O) groups excluding carboxylic acids is 2. The van der Waals surface area contributed by atoms with Crippen molar-refractivity contribution in [1.29, 1.82) is 0 Å². The molecule has 1 aliphatic heterocycles. The fourth-order valence-electron chi connectivity index (χ4n) is 5.09. The largest absolute Gasteiger partial charge is 0.508 e. The standard InChI is InChI=1S/C30H44N2O8/c1-16-10-9-11-24(37-6)28(40-30(31)36)18(3)12-17(2)20(5)25(38-7)13-19(4)27(39-8)22-14-21(33)15-23(26(22)34)32-29(16)35/h9-12,14-15,17,19-20,24-25,27-28,33-34H,13H2,1-8H3,(H2,31,36)(H,32,35)/b11-9-,16-10+,18-12+/t17-,19-,20+,24-,25-,27?,28-/m0/s1. The van der Waals surface area contributed by atoms with Crippen LogP contribution in [0.1, 0.15) is 52.7 Å². The fraction of sp³-hybridized carbons (Fsp3) is 0.533. The molecular formula is C30H44N2O8. The lowest BCUT2D eigenvalue weighted by Gasteiger charge is -2.32. The number of aromatic hydroxyl groups is 2. The Kier molecular flexibility index (Phi) is 12.2. The number of amides is 2. The molecule has 222 valence electrons. The van der Waals surface area contributed by atoms with E-state index >= 15 is 0 Å². The summed E-state index contributed by atoms with van der Waals surface area (Å²) in [5.74, 6) is -0.919. The zero-order valence-electron chi connectivity index (χ0n) is 24.6. The zero-order valence-corrected chi connectivity index (χ0v) is 24.6. The Labute approximate surface area is 236 Å². The van der Waals surface area contributed by atoms with Gasteiger partial charge < -0.3 is 40.2 Å². The van der Waals surface area contributed by atoms with Gasteiger partial charge in [0, 0.05) is 38.5 Å². The summed E-state index contributed by atoms with van der Waals surface area (Å²) in [6.07, 6.45) is 4.21. The molecule has 2 amide bonds. The molecule has 2 rings (SSSR count). The monoisotopic (exact) mass is 560 g/mol. The van der Waals surface area contributed by atoms with Crippen molar-refractivity contribution in [2.45, 2.75) is 65.5 Å². The highest BCUT2D eigenvalue weighted by atomic mass is 16.6. The average molecular weight is 561 g/mol. The van der Waals surface area contributed by atoms with E-state index in [1.54, 1.807) is 32.3 Å². The molecule has 0 aromatic heterocycles. The molecule has 2 bridgehead atoms. The number of hydrogen-bond donors (Lipinski definition) is 4. The first-order chi connectivity index (χ1) is 18.8. The van der Waals surface area contributed by atoms with Gasteiger partial charge in [-0.15, -0.1) is 0 Å². The van der Waals surface area contributed by atoms with Crippen molar-refractivity contribution < 1.29 is 38.7 Å².